The summed E-state index contributed by atoms with van der Waals surface area (Å²) in [5.74, 6) is 0.738. The van der Waals surface area contributed by atoms with Gasteiger partial charge in [-0.05, 0) is 52.4 Å². The molecule has 0 amide bonds. The van der Waals surface area contributed by atoms with Gasteiger partial charge >= 0.3 is 5.97 Å². The van der Waals surface area contributed by atoms with Crippen LogP contribution in [-0.4, -0.2) is 23.7 Å². The molecule has 0 spiro atoms. The van der Waals surface area contributed by atoms with Crippen LogP contribution in [-0.2, 0) is 9.53 Å². The van der Waals surface area contributed by atoms with Crippen molar-refractivity contribution in [2.45, 2.75) is 70.6 Å². The van der Waals surface area contributed by atoms with Crippen molar-refractivity contribution >= 4 is 5.97 Å². The van der Waals surface area contributed by atoms with E-state index < -0.39 is 0 Å². The summed E-state index contributed by atoms with van der Waals surface area (Å²) < 4.78 is 5.40. The van der Waals surface area contributed by atoms with Gasteiger partial charge in [0, 0.05) is 6.04 Å². The van der Waals surface area contributed by atoms with Gasteiger partial charge in [-0.1, -0.05) is 6.42 Å². The predicted molar refractivity (Wildman–Crippen MR) is 63.1 cm³/mol. The molecule has 0 aromatic heterocycles. The highest BCUT2D eigenvalue weighted by atomic mass is 16.6. The number of hydrogen-bond donors (Lipinski definition) is 1. The Labute approximate surface area is 97.9 Å². The Morgan fingerprint density at radius 3 is 2.38 bits per heavy atom. The third-order valence-corrected chi connectivity index (χ3v) is 3.59. The van der Waals surface area contributed by atoms with Crippen LogP contribution in [0.15, 0.2) is 0 Å². The van der Waals surface area contributed by atoms with Crippen LogP contribution in [0.3, 0.4) is 0 Å². The van der Waals surface area contributed by atoms with Crippen LogP contribution in [0.5, 0.6) is 0 Å². The zero-order valence-electron chi connectivity index (χ0n) is 10.6. The third kappa shape index (κ3) is 2.76. The molecule has 2 fully saturated rings. The van der Waals surface area contributed by atoms with E-state index in [1.165, 1.54) is 19.3 Å². The lowest BCUT2D eigenvalue weighted by atomic mass is 9.79. The van der Waals surface area contributed by atoms with E-state index in [2.05, 4.69) is 5.32 Å². The molecule has 1 saturated carbocycles. The van der Waals surface area contributed by atoms with Gasteiger partial charge < -0.3 is 10.1 Å². The normalized spacial score (nSPS) is 31.2. The van der Waals surface area contributed by atoms with Gasteiger partial charge in [0.1, 0.15) is 11.6 Å². The average Bonchev–Trinajstić information content (AvgIpc) is 2.46. The summed E-state index contributed by atoms with van der Waals surface area (Å²) in [5, 5.41) is 3.44. The van der Waals surface area contributed by atoms with Crippen molar-refractivity contribution in [2.24, 2.45) is 5.92 Å². The fourth-order valence-electron chi connectivity index (χ4n) is 2.54. The van der Waals surface area contributed by atoms with Gasteiger partial charge in [-0.3, -0.25) is 4.79 Å². The van der Waals surface area contributed by atoms with Crippen molar-refractivity contribution < 1.29 is 9.53 Å². The van der Waals surface area contributed by atoms with Crippen molar-refractivity contribution in [3.63, 3.8) is 0 Å². The minimum atomic E-state index is -0.368. The number of ether oxygens (including phenoxy) is 1. The third-order valence-electron chi connectivity index (χ3n) is 3.59. The Morgan fingerprint density at radius 1 is 1.19 bits per heavy atom. The van der Waals surface area contributed by atoms with Crippen molar-refractivity contribution in [2.75, 3.05) is 0 Å². The fraction of sp³-hybridized carbons (Fsp3) is 0.923. The SMILES string of the molecule is CC(C)(C)OC(=O)C1CCC(C2CCC2)N1. The molecule has 0 aromatic rings. The van der Waals surface area contributed by atoms with Crippen LogP contribution in [0.4, 0.5) is 0 Å². The van der Waals surface area contributed by atoms with E-state index in [-0.39, 0.29) is 17.6 Å². The highest BCUT2D eigenvalue weighted by Crippen LogP contribution is 2.34. The van der Waals surface area contributed by atoms with Crippen molar-refractivity contribution in [3.05, 3.63) is 0 Å². The molecule has 92 valence electrons. The lowest BCUT2D eigenvalue weighted by Gasteiger charge is -2.31. The molecule has 0 bridgehead atoms. The zero-order chi connectivity index (χ0) is 11.8. The first kappa shape index (κ1) is 11.9. The van der Waals surface area contributed by atoms with E-state index in [0.717, 1.165) is 18.8 Å². The fourth-order valence-corrected chi connectivity index (χ4v) is 2.54. The summed E-state index contributed by atoms with van der Waals surface area (Å²) in [4.78, 5) is 11.9. The second kappa shape index (κ2) is 4.36. The molecule has 1 N–H and O–H groups in total. The molecule has 1 saturated heterocycles. The van der Waals surface area contributed by atoms with E-state index in [1.807, 2.05) is 20.8 Å². The van der Waals surface area contributed by atoms with Crippen molar-refractivity contribution in [1.29, 1.82) is 0 Å². The Kier molecular flexibility index (Phi) is 3.24. The Balaban J connectivity index is 1.81. The van der Waals surface area contributed by atoms with Crippen molar-refractivity contribution in [1.82, 2.24) is 5.32 Å². The molecular formula is C13H23NO2. The molecule has 2 rings (SSSR count). The molecule has 16 heavy (non-hydrogen) atoms. The van der Waals surface area contributed by atoms with Crippen molar-refractivity contribution in [3.8, 4) is 0 Å². The summed E-state index contributed by atoms with van der Waals surface area (Å²) in [7, 11) is 0. The molecule has 1 heterocycles. The highest BCUT2D eigenvalue weighted by Gasteiger charge is 2.37. The van der Waals surface area contributed by atoms with E-state index in [1.54, 1.807) is 0 Å². The smallest absolute Gasteiger partial charge is 0.323 e. The lowest BCUT2D eigenvalue weighted by molar-refractivity contribution is -0.157. The average molecular weight is 225 g/mol. The van der Waals surface area contributed by atoms with Crippen LogP contribution < -0.4 is 5.32 Å². The number of carbonyl (C=O) groups excluding carboxylic acids is 1. The van der Waals surface area contributed by atoms with Gasteiger partial charge in [-0.2, -0.15) is 0 Å². The summed E-state index contributed by atoms with van der Waals surface area (Å²) in [5.41, 5.74) is -0.368. The molecule has 3 heteroatoms. The topological polar surface area (TPSA) is 38.3 Å². The maximum atomic E-state index is 11.9. The molecule has 2 atom stereocenters. The second-order valence-electron chi connectivity index (χ2n) is 6.13. The Morgan fingerprint density at radius 2 is 1.88 bits per heavy atom. The molecular weight excluding hydrogens is 202 g/mol. The lowest BCUT2D eigenvalue weighted by Crippen LogP contribution is -2.43. The maximum Gasteiger partial charge on any atom is 0.323 e. The number of esters is 1. The molecule has 1 aliphatic carbocycles. The van der Waals surface area contributed by atoms with E-state index in [0.29, 0.717) is 6.04 Å². The maximum absolute atomic E-state index is 11.9. The molecule has 0 radical (unpaired) electrons. The van der Waals surface area contributed by atoms with Crippen LogP contribution >= 0.6 is 0 Å². The monoisotopic (exact) mass is 225 g/mol. The standard InChI is InChI=1S/C13H23NO2/c1-13(2,3)16-12(15)11-8-7-10(14-11)9-5-4-6-9/h9-11,14H,4-8H2,1-3H3. The first-order valence-corrected chi connectivity index (χ1v) is 6.44. The predicted octanol–water partition coefficient (Wildman–Crippen LogP) is 2.25. The first-order valence-electron chi connectivity index (χ1n) is 6.44. The number of rotatable bonds is 2. The van der Waals surface area contributed by atoms with Crippen LogP contribution in [0, 0.1) is 5.92 Å². The van der Waals surface area contributed by atoms with Gasteiger partial charge in [0.25, 0.3) is 0 Å². The highest BCUT2D eigenvalue weighted by molar-refractivity contribution is 5.76. The first-order chi connectivity index (χ1) is 7.46. The number of hydrogen-bond acceptors (Lipinski definition) is 3. The molecule has 2 unspecified atom stereocenters. The van der Waals surface area contributed by atoms with Crippen LogP contribution in [0.25, 0.3) is 0 Å². The van der Waals surface area contributed by atoms with Crippen LogP contribution in [0.1, 0.15) is 52.9 Å². The van der Waals surface area contributed by atoms with Gasteiger partial charge in [0.15, 0.2) is 0 Å². The minimum absolute atomic E-state index is 0.0650. The summed E-state index contributed by atoms with van der Waals surface area (Å²) >= 11 is 0. The molecule has 2 aliphatic rings. The molecule has 3 nitrogen and oxygen atoms in total. The number of carbonyl (C=O) groups is 1. The van der Waals surface area contributed by atoms with Gasteiger partial charge in [-0.15, -0.1) is 0 Å². The van der Waals surface area contributed by atoms with E-state index in [4.69, 9.17) is 4.74 Å². The van der Waals surface area contributed by atoms with E-state index >= 15 is 0 Å². The zero-order valence-corrected chi connectivity index (χ0v) is 10.6. The number of nitrogens with one attached hydrogen (secondary N) is 1. The Bertz CT molecular complexity index is 266. The largest absolute Gasteiger partial charge is 0.459 e. The summed E-state index contributed by atoms with van der Waals surface area (Å²) in [6, 6.07) is 0.496. The van der Waals surface area contributed by atoms with E-state index in [9.17, 15) is 4.79 Å². The minimum Gasteiger partial charge on any atom is -0.459 e. The second-order valence-corrected chi connectivity index (χ2v) is 6.13. The molecule has 0 aromatic carbocycles. The van der Waals surface area contributed by atoms with Crippen LogP contribution in [0.2, 0.25) is 0 Å². The van der Waals surface area contributed by atoms with Gasteiger partial charge in [0.05, 0.1) is 0 Å². The Hall–Kier alpha value is -0.570. The van der Waals surface area contributed by atoms with Gasteiger partial charge in [-0.25, -0.2) is 0 Å². The van der Waals surface area contributed by atoms with Gasteiger partial charge in [0.2, 0.25) is 0 Å². The summed E-state index contributed by atoms with van der Waals surface area (Å²) in [6.45, 7) is 5.76. The summed E-state index contributed by atoms with van der Waals surface area (Å²) in [6.07, 6.45) is 6.10. The quantitative estimate of drug-likeness (QED) is 0.732. The molecule has 1 aliphatic heterocycles.